The Bertz CT molecular complexity index is 1110. The first-order valence-electron chi connectivity index (χ1n) is 9.54. The number of anilines is 1. The molecule has 0 spiro atoms. The van der Waals surface area contributed by atoms with Gasteiger partial charge in [-0.25, -0.2) is 0 Å². The van der Waals surface area contributed by atoms with Crippen molar-refractivity contribution in [1.29, 1.82) is 0 Å². The normalized spacial score (nSPS) is 10.9. The average Bonchev–Trinajstić information content (AvgIpc) is 2.80. The number of ether oxygens (including phenoxy) is 2. The van der Waals surface area contributed by atoms with E-state index in [9.17, 15) is 9.59 Å². The smallest absolute Gasteiger partial charge is 0.272 e. The van der Waals surface area contributed by atoms with Crippen LogP contribution in [0.25, 0.3) is 6.08 Å². The van der Waals surface area contributed by atoms with Gasteiger partial charge in [-0.1, -0.05) is 24.3 Å². The van der Waals surface area contributed by atoms with Crippen LogP contribution in [0.2, 0.25) is 0 Å². The van der Waals surface area contributed by atoms with Crippen molar-refractivity contribution < 1.29 is 19.1 Å². The molecule has 3 rings (SSSR count). The number of benzene rings is 2. The van der Waals surface area contributed by atoms with Gasteiger partial charge in [0.15, 0.2) is 11.5 Å². The Hall–Kier alpha value is -4.13. The fraction of sp³-hybridized carbons (Fsp3) is 0.125. The van der Waals surface area contributed by atoms with Crippen LogP contribution in [0, 0.1) is 6.92 Å². The van der Waals surface area contributed by atoms with Crippen molar-refractivity contribution in [3.63, 3.8) is 0 Å². The molecule has 3 aromatic rings. The zero-order valence-corrected chi connectivity index (χ0v) is 17.5. The SMILES string of the molecule is COc1ccc(C(=O)NC(=Cc2cccnc2)C(=O)Nc2ccccc2C)cc1OC. The lowest BCUT2D eigenvalue weighted by atomic mass is 10.1. The van der Waals surface area contributed by atoms with Crippen molar-refractivity contribution in [2.24, 2.45) is 0 Å². The molecule has 31 heavy (non-hydrogen) atoms. The highest BCUT2D eigenvalue weighted by Crippen LogP contribution is 2.27. The number of hydrogen-bond donors (Lipinski definition) is 2. The number of hydrogen-bond acceptors (Lipinski definition) is 5. The van der Waals surface area contributed by atoms with Crippen molar-refractivity contribution in [3.05, 3.63) is 89.4 Å². The van der Waals surface area contributed by atoms with Crippen LogP contribution < -0.4 is 20.1 Å². The molecule has 2 amide bonds. The standard InChI is InChI=1S/C24H23N3O4/c1-16-7-4-5-9-19(16)26-24(29)20(13-17-8-6-12-25-15-17)27-23(28)18-10-11-21(30-2)22(14-18)31-3/h4-15H,1-3H3,(H,26,29)(H,27,28). The molecule has 0 saturated carbocycles. The van der Waals surface area contributed by atoms with E-state index in [0.29, 0.717) is 28.3 Å². The van der Waals surface area contributed by atoms with Gasteiger partial charge in [-0.15, -0.1) is 0 Å². The van der Waals surface area contributed by atoms with E-state index in [-0.39, 0.29) is 5.70 Å². The second-order valence-electron chi connectivity index (χ2n) is 6.64. The first-order valence-corrected chi connectivity index (χ1v) is 9.54. The summed E-state index contributed by atoms with van der Waals surface area (Å²) in [5, 5.41) is 5.54. The van der Waals surface area contributed by atoms with E-state index in [4.69, 9.17) is 9.47 Å². The number of nitrogens with one attached hydrogen (secondary N) is 2. The van der Waals surface area contributed by atoms with E-state index in [1.165, 1.54) is 14.2 Å². The molecule has 2 aromatic carbocycles. The van der Waals surface area contributed by atoms with E-state index in [1.807, 2.05) is 25.1 Å². The number of carbonyl (C=O) groups excluding carboxylic acids is 2. The van der Waals surface area contributed by atoms with Crippen molar-refractivity contribution in [2.45, 2.75) is 6.92 Å². The topological polar surface area (TPSA) is 89.5 Å². The Morgan fingerprint density at radius 1 is 0.968 bits per heavy atom. The lowest BCUT2D eigenvalue weighted by Gasteiger charge is -2.13. The first-order chi connectivity index (χ1) is 15.0. The van der Waals surface area contributed by atoms with Gasteiger partial charge in [0.2, 0.25) is 0 Å². The minimum Gasteiger partial charge on any atom is -0.493 e. The number of amides is 2. The second kappa shape index (κ2) is 10.1. The molecule has 0 unspecified atom stereocenters. The molecule has 1 aromatic heterocycles. The highest BCUT2D eigenvalue weighted by Gasteiger charge is 2.17. The molecule has 0 bridgehead atoms. The third-order valence-electron chi connectivity index (χ3n) is 4.53. The van der Waals surface area contributed by atoms with Gasteiger partial charge in [-0.3, -0.25) is 14.6 Å². The van der Waals surface area contributed by atoms with Crippen LogP contribution in [0.1, 0.15) is 21.5 Å². The number of aryl methyl sites for hydroxylation is 1. The molecule has 0 atom stereocenters. The summed E-state index contributed by atoms with van der Waals surface area (Å²) in [6.07, 6.45) is 4.80. The Balaban J connectivity index is 1.90. The fourth-order valence-corrected chi connectivity index (χ4v) is 2.86. The maximum Gasteiger partial charge on any atom is 0.272 e. The Kier molecular flexibility index (Phi) is 7.01. The molecule has 0 radical (unpaired) electrons. The fourth-order valence-electron chi connectivity index (χ4n) is 2.86. The largest absolute Gasteiger partial charge is 0.493 e. The number of pyridine rings is 1. The van der Waals surface area contributed by atoms with Crippen LogP contribution in [-0.2, 0) is 4.79 Å². The van der Waals surface area contributed by atoms with E-state index >= 15 is 0 Å². The predicted octanol–water partition coefficient (Wildman–Crippen LogP) is 3.82. The molecule has 0 saturated heterocycles. The molecule has 0 aliphatic carbocycles. The van der Waals surface area contributed by atoms with Crippen LogP contribution in [-0.4, -0.2) is 31.0 Å². The maximum absolute atomic E-state index is 13.0. The number of carbonyl (C=O) groups is 2. The molecule has 2 N–H and O–H groups in total. The number of nitrogens with zero attached hydrogens (tertiary/aromatic N) is 1. The predicted molar refractivity (Wildman–Crippen MR) is 119 cm³/mol. The van der Waals surface area contributed by atoms with Gasteiger partial charge < -0.3 is 20.1 Å². The van der Waals surface area contributed by atoms with Crippen LogP contribution in [0.3, 0.4) is 0 Å². The molecule has 7 heteroatoms. The first kappa shape index (κ1) is 21.6. The van der Waals surface area contributed by atoms with Gasteiger partial charge in [-0.2, -0.15) is 0 Å². The van der Waals surface area contributed by atoms with Gasteiger partial charge >= 0.3 is 0 Å². The van der Waals surface area contributed by atoms with Gasteiger partial charge in [-0.05, 0) is 54.5 Å². The molecule has 158 valence electrons. The quantitative estimate of drug-likeness (QED) is 0.571. The van der Waals surface area contributed by atoms with Crippen molar-refractivity contribution in [1.82, 2.24) is 10.3 Å². The molecule has 1 heterocycles. The van der Waals surface area contributed by atoms with Crippen molar-refractivity contribution >= 4 is 23.6 Å². The summed E-state index contributed by atoms with van der Waals surface area (Å²) in [6.45, 7) is 1.89. The summed E-state index contributed by atoms with van der Waals surface area (Å²) < 4.78 is 10.5. The van der Waals surface area contributed by atoms with E-state index in [2.05, 4.69) is 15.6 Å². The molecule has 0 aliphatic heterocycles. The third-order valence-corrected chi connectivity index (χ3v) is 4.53. The third kappa shape index (κ3) is 5.48. The molecule has 7 nitrogen and oxygen atoms in total. The lowest BCUT2D eigenvalue weighted by Crippen LogP contribution is -2.31. The highest BCUT2D eigenvalue weighted by atomic mass is 16.5. The zero-order chi connectivity index (χ0) is 22.2. The molecule has 0 fully saturated rings. The monoisotopic (exact) mass is 417 g/mol. The van der Waals surface area contributed by atoms with E-state index in [0.717, 1.165) is 5.56 Å². The van der Waals surface area contributed by atoms with Crippen LogP contribution in [0.5, 0.6) is 11.5 Å². The van der Waals surface area contributed by atoms with E-state index < -0.39 is 11.8 Å². The summed E-state index contributed by atoms with van der Waals surface area (Å²) in [5.41, 5.74) is 2.63. The Labute approximate surface area is 180 Å². The van der Waals surface area contributed by atoms with E-state index in [1.54, 1.807) is 54.9 Å². The molecule has 0 aliphatic rings. The molecular formula is C24H23N3O4. The summed E-state index contributed by atoms with van der Waals surface area (Å²) in [7, 11) is 3.01. The molecular weight excluding hydrogens is 394 g/mol. The summed E-state index contributed by atoms with van der Waals surface area (Å²) in [6, 6.07) is 15.7. The minimum absolute atomic E-state index is 0.0797. The number of aromatic nitrogens is 1. The maximum atomic E-state index is 13.0. The Morgan fingerprint density at radius 3 is 2.42 bits per heavy atom. The number of para-hydroxylation sites is 1. The average molecular weight is 417 g/mol. The minimum atomic E-state index is -0.462. The number of methoxy groups -OCH3 is 2. The van der Waals surface area contributed by atoms with Crippen LogP contribution >= 0.6 is 0 Å². The zero-order valence-electron chi connectivity index (χ0n) is 17.5. The van der Waals surface area contributed by atoms with Crippen molar-refractivity contribution in [3.8, 4) is 11.5 Å². The summed E-state index contributed by atoms with van der Waals surface area (Å²) in [5.74, 6) is 0.00257. The Morgan fingerprint density at radius 2 is 1.74 bits per heavy atom. The van der Waals surface area contributed by atoms with Gasteiger partial charge in [0.25, 0.3) is 11.8 Å². The van der Waals surface area contributed by atoms with Gasteiger partial charge in [0.05, 0.1) is 14.2 Å². The second-order valence-corrected chi connectivity index (χ2v) is 6.64. The number of rotatable bonds is 7. The lowest BCUT2D eigenvalue weighted by molar-refractivity contribution is -0.113. The summed E-state index contributed by atoms with van der Waals surface area (Å²) >= 11 is 0. The van der Waals surface area contributed by atoms with Gasteiger partial charge in [0.1, 0.15) is 5.70 Å². The van der Waals surface area contributed by atoms with Crippen molar-refractivity contribution in [2.75, 3.05) is 19.5 Å². The van der Waals surface area contributed by atoms with Gasteiger partial charge in [0, 0.05) is 23.6 Å². The van der Waals surface area contributed by atoms with Crippen LogP contribution in [0.4, 0.5) is 5.69 Å². The van der Waals surface area contributed by atoms with Crippen LogP contribution in [0.15, 0.2) is 72.7 Å². The summed E-state index contributed by atoms with van der Waals surface area (Å²) in [4.78, 5) is 29.9. The highest BCUT2D eigenvalue weighted by molar-refractivity contribution is 6.11.